The van der Waals surface area contributed by atoms with Gasteiger partial charge in [0.05, 0.1) is 12.5 Å². The quantitative estimate of drug-likeness (QED) is 0.895. The SMILES string of the molecule is CC(N)c1ccc(N(C)C(C)CC#N)cc1Cl. The van der Waals surface area contributed by atoms with Crippen molar-refractivity contribution in [3.8, 4) is 6.07 Å². The molecule has 3 nitrogen and oxygen atoms in total. The highest BCUT2D eigenvalue weighted by atomic mass is 35.5. The molecule has 0 aliphatic heterocycles. The molecule has 0 amide bonds. The lowest BCUT2D eigenvalue weighted by Crippen LogP contribution is -2.28. The zero-order chi connectivity index (χ0) is 13.0. The summed E-state index contributed by atoms with van der Waals surface area (Å²) in [6.45, 7) is 3.92. The Kier molecular flexibility index (Phi) is 4.80. The summed E-state index contributed by atoms with van der Waals surface area (Å²) in [4.78, 5) is 2.04. The van der Waals surface area contributed by atoms with Crippen LogP contribution in [0.2, 0.25) is 5.02 Å². The number of rotatable bonds is 4. The molecule has 0 bridgehead atoms. The van der Waals surface area contributed by atoms with Crippen LogP contribution in [0.15, 0.2) is 18.2 Å². The molecule has 2 atom stereocenters. The average Bonchev–Trinajstić information content (AvgIpc) is 2.27. The van der Waals surface area contributed by atoms with Crippen molar-refractivity contribution < 1.29 is 0 Å². The fraction of sp³-hybridized carbons (Fsp3) is 0.462. The van der Waals surface area contributed by atoms with Gasteiger partial charge in [0.25, 0.3) is 0 Å². The predicted molar refractivity (Wildman–Crippen MR) is 72.1 cm³/mol. The Morgan fingerprint density at radius 2 is 2.12 bits per heavy atom. The number of nitrogens with zero attached hydrogens (tertiary/aromatic N) is 2. The molecule has 0 aliphatic carbocycles. The molecule has 0 aliphatic rings. The molecule has 0 saturated heterocycles. The van der Waals surface area contributed by atoms with Gasteiger partial charge in [0, 0.05) is 29.8 Å². The Labute approximate surface area is 108 Å². The van der Waals surface area contributed by atoms with Crippen LogP contribution in [0.25, 0.3) is 0 Å². The van der Waals surface area contributed by atoms with Crippen LogP contribution in [0.3, 0.4) is 0 Å². The fourth-order valence-electron chi connectivity index (χ4n) is 1.63. The van der Waals surface area contributed by atoms with Gasteiger partial charge in [0.2, 0.25) is 0 Å². The summed E-state index contributed by atoms with van der Waals surface area (Å²) in [5.74, 6) is 0. The average molecular weight is 252 g/mol. The minimum Gasteiger partial charge on any atom is -0.371 e. The third-order valence-corrected chi connectivity index (χ3v) is 3.26. The van der Waals surface area contributed by atoms with Gasteiger partial charge in [-0.15, -0.1) is 0 Å². The Morgan fingerprint density at radius 1 is 1.47 bits per heavy atom. The first-order valence-electron chi connectivity index (χ1n) is 5.62. The molecule has 0 fully saturated rings. The molecule has 1 aromatic carbocycles. The predicted octanol–water partition coefficient (Wildman–Crippen LogP) is 3.10. The van der Waals surface area contributed by atoms with Gasteiger partial charge in [-0.2, -0.15) is 5.26 Å². The van der Waals surface area contributed by atoms with Gasteiger partial charge in [0.1, 0.15) is 0 Å². The van der Waals surface area contributed by atoms with Gasteiger partial charge in [-0.25, -0.2) is 0 Å². The van der Waals surface area contributed by atoms with Crippen molar-refractivity contribution in [2.45, 2.75) is 32.4 Å². The zero-order valence-electron chi connectivity index (χ0n) is 10.4. The van der Waals surface area contributed by atoms with Crippen molar-refractivity contribution in [3.05, 3.63) is 28.8 Å². The van der Waals surface area contributed by atoms with Crippen LogP contribution in [0.1, 0.15) is 31.9 Å². The van der Waals surface area contributed by atoms with Crippen LogP contribution < -0.4 is 10.6 Å². The van der Waals surface area contributed by atoms with Crippen LogP contribution in [0, 0.1) is 11.3 Å². The third kappa shape index (κ3) is 3.36. The monoisotopic (exact) mass is 251 g/mol. The van der Waals surface area contributed by atoms with E-state index in [2.05, 4.69) is 6.07 Å². The Hall–Kier alpha value is -1.24. The molecule has 4 heteroatoms. The molecule has 0 saturated carbocycles. The van der Waals surface area contributed by atoms with E-state index in [1.165, 1.54) is 0 Å². The van der Waals surface area contributed by atoms with Gasteiger partial charge >= 0.3 is 0 Å². The maximum absolute atomic E-state index is 8.68. The molecule has 17 heavy (non-hydrogen) atoms. The molecular formula is C13H18ClN3. The van der Waals surface area contributed by atoms with Gasteiger partial charge in [0.15, 0.2) is 0 Å². The summed E-state index contributed by atoms with van der Waals surface area (Å²) in [5, 5.41) is 9.36. The van der Waals surface area contributed by atoms with Crippen molar-refractivity contribution in [3.63, 3.8) is 0 Å². The van der Waals surface area contributed by atoms with E-state index in [0.29, 0.717) is 11.4 Å². The molecule has 92 valence electrons. The molecule has 0 radical (unpaired) electrons. The summed E-state index contributed by atoms with van der Waals surface area (Å²) in [5.41, 5.74) is 7.75. The van der Waals surface area contributed by atoms with E-state index in [4.69, 9.17) is 22.6 Å². The van der Waals surface area contributed by atoms with E-state index in [0.717, 1.165) is 11.3 Å². The summed E-state index contributed by atoms with van der Waals surface area (Å²) in [6.07, 6.45) is 0.489. The van der Waals surface area contributed by atoms with E-state index < -0.39 is 0 Å². The molecule has 0 aromatic heterocycles. The van der Waals surface area contributed by atoms with Crippen molar-refractivity contribution in [1.29, 1.82) is 5.26 Å². The summed E-state index contributed by atoms with van der Waals surface area (Å²) in [6, 6.07) is 8.08. The Morgan fingerprint density at radius 3 is 2.59 bits per heavy atom. The first-order chi connectivity index (χ1) is 7.97. The van der Waals surface area contributed by atoms with Gasteiger partial charge in [-0.1, -0.05) is 17.7 Å². The summed E-state index contributed by atoms with van der Waals surface area (Å²) < 4.78 is 0. The van der Waals surface area contributed by atoms with E-state index in [-0.39, 0.29) is 12.1 Å². The number of nitriles is 1. The Bertz CT molecular complexity index is 423. The molecule has 1 rings (SSSR count). The fourth-order valence-corrected chi connectivity index (χ4v) is 1.98. The molecule has 1 aromatic rings. The summed E-state index contributed by atoms with van der Waals surface area (Å²) in [7, 11) is 1.96. The van der Waals surface area contributed by atoms with Crippen molar-refractivity contribution in [1.82, 2.24) is 0 Å². The minimum absolute atomic E-state index is 0.0709. The van der Waals surface area contributed by atoms with Crippen molar-refractivity contribution in [2.24, 2.45) is 5.73 Å². The van der Waals surface area contributed by atoms with E-state index in [9.17, 15) is 0 Å². The smallest absolute Gasteiger partial charge is 0.0643 e. The molecule has 2 unspecified atom stereocenters. The van der Waals surface area contributed by atoms with Crippen LogP contribution in [0.5, 0.6) is 0 Å². The maximum atomic E-state index is 8.68. The van der Waals surface area contributed by atoms with Crippen LogP contribution in [-0.2, 0) is 0 Å². The van der Waals surface area contributed by atoms with Gasteiger partial charge < -0.3 is 10.6 Å². The highest BCUT2D eigenvalue weighted by Gasteiger charge is 2.12. The molecule has 0 spiro atoms. The normalized spacial score (nSPS) is 13.9. The number of anilines is 1. The second kappa shape index (κ2) is 5.90. The first-order valence-corrected chi connectivity index (χ1v) is 6.00. The topological polar surface area (TPSA) is 53.0 Å². The second-order valence-corrected chi connectivity index (χ2v) is 4.72. The van der Waals surface area contributed by atoms with Crippen LogP contribution in [-0.4, -0.2) is 13.1 Å². The van der Waals surface area contributed by atoms with Crippen molar-refractivity contribution >= 4 is 17.3 Å². The highest BCUT2D eigenvalue weighted by Crippen LogP contribution is 2.27. The largest absolute Gasteiger partial charge is 0.371 e. The standard InChI is InChI=1S/C13H18ClN3/c1-9(6-7-15)17(3)11-4-5-12(10(2)16)13(14)8-11/h4-5,8-10H,6,16H2,1-3H3. The molecule has 2 N–H and O–H groups in total. The van der Waals surface area contributed by atoms with Crippen LogP contribution >= 0.6 is 11.6 Å². The maximum Gasteiger partial charge on any atom is 0.0643 e. The van der Waals surface area contributed by atoms with Gasteiger partial charge in [-0.3, -0.25) is 0 Å². The third-order valence-electron chi connectivity index (χ3n) is 2.93. The van der Waals surface area contributed by atoms with Crippen molar-refractivity contribution in [2.75, 3.05) is 11.9 Å². The van der Waals surface area contributed by atoms with E-state index in [1.54, 1.807) is 0 Å². The number of benzene rings is 1. The highest BCUT2D eigenvalue weighted by molar-refractivity contribution is 6.31. The van der Waals surface area contributed by atoms with E-state index >= 15 is 0 Å². The minimum atomic E-state index is -0.0709. The molecule has 0 heterocycles. The number of halogens is 1. The summed E-state index contributed by atoms with van der Waals surface area (Å²) >= 11 is 6.18. The number of nitrogens with two attached hydrogens (primary N) is 1. The van der Waals surface area contributed by atoms with Crippen LogP contribution in [0.4, 0.5) is 5.69 Å². The van der Waals surface area contributed by atoms with Gasteiger partial charge in [-0.05, 0) is 31.5 Å². The lowest BCUT2D eigenvalue weighted by Gasteiger charge is -2.26. The molecular weight excluding hydrogens is 234 g/mol. The lowest BCUT2D eigenvalue weighted by atomic mass is 10.1. The van der Waals surface area contributed by atoms with E-state index in [1.807, 2.05) is 44.0 Å². The number of hydrogen-bond acceptors (Lipinski definition) is 3. The second-order valence-electron chi connectivity index (χ2n) is 4.32. The Balaban J connectivity index is 2.94. The number of hydrogen-bond donors (Lipinski definition) is 1. The lowest BCUT2D eigenvalue weighted by molar-refractivity contribution is 0.702. The first kappa shape index (κ1) is 13.8. The zero-order valence-corrected chi connectivity index (χ0v) is 11.2.